The summed E-state index contributed by atoms with van der Waals surface area (Å²) in [6.07, 6.45) is 0.938. The molecule has 2 aromatic rings. The SMILES string of the molecule is Cc1nc(NC(=O)NC(C)C(=O)NCC(C)C)sc1-c1ccc(S(C)(=O)=O)c(F)c1. The quantitative estimate of drug-likeness (QED) is 0.592. The van der Waals surface area contributed by atoms with Crippen molar-refractivity contribution in [2.45, 2.75) is 38.6 Å². The van der Waals surface area contributed by atoms with Gasteiger partial charge in [-0.05, 0) is 37.5 Å². The molecule has 8 nitrogen and oxygen atoms in total. The van der Waals surface area contributed by atoms with E-state index in [0.29, 0.717) is 28.6 Å². The maximum atomic E-state index is 14.2. The molecule has 1 atom stereocenters. The van der Waals surface area contributed by atoms with Crippen molar-refractivity contribution in [3.8, 4) is 10.4 Å². The van der Waals surface area contributed by atoms with Gasteiger partial charge in [0.2, 0.25) is 5.91 Å². The minimum atomic E-state index is -3.67. The summed E-state index contributed by atoms with van der Waals surface area (Å²) in [5.74, 6) is -0.851. The molecule has 3 amide bonds. The van der Waals surface area contributed by atoms with E-state index in [2.05, 4.69) is 20.9 Å². The Morgan fingerprint density at radius 3 is 2.47 bits per heavy atom. The van der Waals surface area contributed by atoms with Crippen LogP contribution in [0.2, 0.25) is 0 Å². The maximum Gasteiger partial charge on any atom is 0.321 e. The number of halogens is 1. The summed E-state index contributed by atoms with van der Waals surface area (Å²) in [6, 6.07) is 2.49. The first kappa shape index (κ1) is 23.7. The second kappa shape index (κ2) is 9.52. The van der Waals surface area contributed by atoms with E-state index in [4.69, 9.17) is 0 Å². The Balaban J connectivity index is 2.09. The number of benzene rings is 1. The Morgan fingerprint density at radius 2 is 1.90 bits per heavy atom. The molecule has 0 saturated heterocycles. The van der Waals surface area contributed by atoms with Crippen LogP contribution in [0.15, 0.2) is 23.1 Å². The normalized spacial score (nSPS) is 12.5. The second-order valence-corrected chi connectivity index (χ2v) is 10.3. The van der Waals surface area contributed by atoms with Crippen LogP contribution in [0.3, 0.4) is 0 Å². The van der Waals surface area contributed by atoms with Crippen LogP contribution in [0.25, 0.3) is 10.4 Å². The third kappa shape index (κ3) is 6.23. The van der Waals surface area contributed by atoms with Gasteiger partial charge >= 0.3 is 6.03 Å². The molecule has 0 aliphatic rings. The maximum absolute atomic E-state index is 14.2. The first-order valence-electron chi connectivity index (χ1n) is 9.21. The average Bonchev–Trinajstić information content (AvgIpc) is 2.98. The molecular formula is C19H25FN4O4S2. The molecule has 30 heavy (non-hydrogen) atoms. The summed E-state index contributed by atoms with van der Waals surface area (Å²) in [4.78, 5) is 28.6. The fraction of sp³-hybridized carbons (Fsp3) is 0.421. The molecular weight excluding hydrogens is 431 g/mol. The van der Waals surface area contributed by atoms with Crippen molar-refractivity contribution in [1.29, 1.82) is 0 Å². The van der Waals surface area contributed by atoms with Crippen molar-refractivity contribution in [2.24, 2.45) is 5.92 Å². The van der Waals surface area contributed by atoms with Crippen molar-refractivity contribution >= 4 is 38.2 Å². The number of aryl methyl sites for hydroxylation is 1. The summed E-state index contributed by atoms with van der Waals surface area (Å²) in [5, 5.41) is 8.09. The number of sulfone groups is 1. The number of carbonyl (C=O) groups is 2. The van der Waals surface area contributed by atoms with Crippen LogP contribution in [0.1, 0.15) is 26.5 Å². The number of thiazole rings is 1. The number of rotatable bonds is 7. The van der Waals surface area contributed by atoms with Gasteiger partial charge in [0, 0.05) is 12.8 Å². The van der Waals surface area contributed by atoms with Gasteiger partial charge in [-0.25, -0.2) is 22.6 Å². The van der Waals surface area contributed by atoms with E-state index in [0.717, 1.165) is 23.7 Å². The van der Waals surface area contributed by atoms with Crippen LogP contribution < -0.4 is 16.0 Å². The molecule has 0 radical (unpaired) electrons. The molecule has 1 aromatic carbocycles. The van der Waals surface area contributed by atoms with Gasteiger partial charge in [0.05, 0.1) is 10.6 Å². The molecule has 1 unspecified atom stereocenters. The third-order valence-corrected chi connectivity index (χ3v) is 6.29. The monoisotopic (exact) mass is 456 g/mol. The minimum Gasteiger partial charge on any atom is -0.354 e. The Hall–Kier alpha value is -2.53. The summed E-state index contributed by atoms with van der Waals surface area (Å²) in [7, 11) is -3.67. The molecule has 11 heteroatoms. The number of amides is 3. The highest BCUT2D eigenvalue weighted by Crippen LogP contribution is 2.34. The van der Waals surface area contributed by atoms with E-state index in [9.17, 15) is 22.4 Å². The molecule has 164 valence electrons. The van der Waals surface area contributed by atoms with E-state index in [1.807, 2.05) is 13.8 Å². The Labute approximate surface area is 179 Å². The lowest BCUT2D eigenvalue weighted by Gasteiger charge is -2.15. The molecule has 0 aliphatic heterocycles. The van der Waals surface area contributed by atoms with Crippen LogP contribution in [0.5, 0.6) is 0 Å². The number of nitrogens with one attached hydrogen (secondary N) is 3. The third-order valence-electron chi connectivity index (χ3n) is 4.04. The van der Waals surface area contributed by atoms with Crippen molar-refractivity contribution in [2.75, 3.05) is 18.1 Å². The molecule has 1 aromatic heterocycles. The van der Waals surface area contributed by atoms with Crippen LogP contribution >= 0.6 is 11.3 Å². The van der Waals surface area contributed by atoms with Gasteiger partial charge in [0.15, 0.2) is 15.0 Å². The lowest BCUT2D eigenvalue weighted by Crippen LogP contribution is -2.47. The van der Waals surface area contributed by atoms with Gasteiger partial charge in [-0.15, -0.1) is 0 Å². The molecule has 3 N–H and O–H groups in total. The number of carbonyl (C=O) groups excluding carboxylic acids is 2. The standard InChI is InChI=1S/C19H25FN4O4S2/c1-10(2)9-21-17(25)12(4)22-18(26)24-19-23-11(3)16(29-19)13-6-7-15(14(20)8-13)30(5,27)28/h6-8,10,12H,9H2,1-5H3,(H,21,25)(H2,22,23,24,26). The average molecular weight is 457 g/mol. The number of nitrogens with zero attached hydrogens (tertiary/aromatic N) is 1. The van der Waals surface area contributed by atoms with Crippen LogP contribution in [-0.2, 0) is 14.6 Å². The zero-order valence-electron chi connectivity index (χ0n) is 17.4. The molecule has 0 spiro atoms. The predicted octanol–water partition coefficient (Wildman–Crippen LogP) is 2.94. The molecule has 0 bridgehead atoms. The Kier molecular flexibility index (Phi) is 7.54. The first-order valence-corrected chi connectivity index (χ1v) is 11.9. The van der Waals surface area contributed by atoms with Crippen LogP contribution in [0, 0.1) is 18.7 Å². The number of aromatic nitrogens is 1. The van der Waals surface area contributed by atoms with E-state index in [1.54, 1.807) is 13.8 Å². The second-order valence-electron chi connectivity index (χ2n) is 7.31. The highest BCUT2D eigenvalue weighted by Gasteiger charge is 2.19. The van der Waals surface area contributed by atoms with Gasteiger partial charge in [0.25, 0.3) is 0 Å². The fourth-order valence-electron chi connectivity index (χ4n) is 2.51. The lowest BCUT2D eigenvalue weighted by atomic mass is 10.1. The minimum absolute atomic E-state index is 0.266. The summed E-state index contributed by atoms with van der Waals surface area (Å²) in [6.45, 7) is 7.71. The molecule has 1 heterocycles. The zero-order chi connectivity index (χ0) is 22.6. The Bertz CT molecular complexity index is 1050. The van der Waals surface area contributed by atoms with E-state index < -0.39 is 27.7 Å². The predicted molar refractivity (Wildman–Crippen MR) is 115 cm³/mol. The Morgan fingerprint density at radius 1 is 1.23 bits per heavy atom. The van der Waals surface area contributed by atoms with Crippen LogP contribution in [-0.4, -0.2) is 44.2 Å². The summed E-state index contributed by atoms with van der Waals surface area (Å²) in [5.41, 5.74) is 0.995. The number of urea groups is 1. The van der Waals surface area contributed by atoms with Gasteiger partial charge < -0.3 is 10.6 Å². The van der Waals surface area contributed by atoms with Gasteiger partial charge in [-0.3, -0.25) is 10.1 Å². The fourth-order valence-corrected chi connectivity index (χ4v) is 4.20. The van der Waals surface area contributed by atoms with Crippen molar-refractivity contribution in [3.05, 3.63) is 29.7 Å². The number of hydrogen-bond acceptors (Lipinski definition) is 6. The van der Waals surface area contributed by atoms with E-state index >= 15 is 0 Å². The lowest BCUT2D eigenvalue weighted by molar-refractivity contribution is -0.122. The van der Waals surface area contributed by atoms with E-state index in [-0.39, 0.29) is 15.9 Å². The number of hydrogen-bond donors (Lipinski definition) is 3. The smallest absolute Gasteiger partial charge is 0.321 e. The molecule has 2 rings (SSSR count). The van der Waals surface area contributed by atoms with Gasteiger partial charge in [0.1, 0.15) is 16.8 Å². The highest BCUT2D eigenvalue weighted by atomic mass is 32.2. The molecule has 0 fully saturated rings. The van der Waals surface area contributed by atoms with Crippen LogP contribution in [0.4, 0.5) is 14.3 Å². The summed E-state index contributed by atoms with van der Waals surface area (Å²) >= 11 is 1.11. The largest absolute Gasteiger partial charge is 0.354 e. The van der Waals surface area contributed by atoms with E-state index in [1.165, 1.54) is 12.1 Å². The highest BCUT2D eigenvalue weighted by molar-refractivity contribution is 7.90. The zero-order valence-corrected chi connectivity index (χ0v) is 19.0. The number of anilines is 1. The van der Waals surface area contributed by atoms with Crippen molar-refractivity contribution in [3.63, 3.8) is 0 Å². The van der Waals surface area contributed by atoms with Gasteiger partial charge in [-0.2, -0.15) is 0 Å². The van der Waals surface area contributed by atoms with Gasteiger partial charge in [-0.1, -0.05) is 31.3 Å². The molecule has 0 saturated carbocycles. The first-order chi connectivity index (χ1) is 13.9. The summed E-state index contributed by atoms with van der Waals surface area (Å²) < 4.78 is 37.3. The topological polar surface area (TPSA) is 117 Å². The molecule has 0 aliphatic carbocycles. The van der Waals surface area contributed by atoms with Crippen molar-refractivity contribution < 1.29 is 22.4 Å². The van der Waals surface area contributed by atoms with Crippen molar-refractivity contribution in [1.82, 2.24) is 15.6 Å².